The second kappa shape index (κ2) is 5.49. The number of hydrogen-bond acceptors (Lipinski definition) is 3. The van der Waals surface area contributed by atoms with Gasteiger partial charge in [-0.05, 0) is 20.3 Å². The summed E-state index contributed by atoms with van der Waals surface area (Å²) in [7, 11) is 0. The molecule has 4 nitrogen and oxygen atoms in total. The third kappa shape index (κ3) is 2.32. The molecule has 0 aliphatic carbocycles. The van der Waals surface area contributed by atoms with E-state index >= 15 is 0 Å². The number of hydrogen-bond donors (Lipinski definition) is 0. The van der Waals surface area contributed by atoms with Gasteiger partial charge in [0.25, 0.3) is 0 Å². The first-order chi connectivity index (χ1) is 7.65. The molecule has 88 valence electrons. The van der Waals surface area contributed by atoms with Crippen LogP contribution >= 0.6 is 0 Å². The molecule has 0 N–H and O–H groups in total. The molecule has 1 heterocycles. The minimum absolute atomic E-state index is 0.315. The second-order valence-electron chi connectivity index (χ2n) is 3.58. The summed E-state index contributed by atoms with van der Waals surface area (Å²) in [6.45, 7) is 6.73. The van der Waals surface area contributed by atoms with Crippen molar-refractivity contribution in [1.29, 1.82) is 0 Å². The van der Waals surface area contributed by atoms with Crippen molar-refractivity contribution in [1.82, 2.24) is 4.57 Å². The Morgan fingerprint density at radius 3 is 2.69 bits per heavy atom. The van der Waals surface area contributed by atoms with Crippen molar-refractivity contribution in [2.24, 2.45) is 0 Å². The minimum atomic E-state index is -0.419. The molecule has 1 aromatic rings. The number of rotatable bonds is 5. The van der Waals surface area contributed by atoms with E-state index in [1.807, 2.05) is 18.4 Å². The van der Waals surface area contributed by atoms with Crippen molar-refractivity contribution in [2.45, 2.75) is 33.7 Å². The van der Waals surface area contributed by atoms with Gasteiger partial charge in [0.05, 0.1) is 12.2 Å². The fourth-order valence-corrected chi connectivity index (χ4v) is 1.71. The Kier molecular flexibility index (Phi) is 4.28. The van der Waals surface area contributed by atoms with Crippen molar-refractivity contribution >= 4 is 12.3 Å². The van der Waals surface area contributed by atoms with Crippen LogP contribution in [0.25, 0.3) is 0 Å². The maximum absolute atomic E-state index is 11.7. The highest BCUT2D eigenvalue weighted by molar-refractivity contribution is 5.99. The van der Waals surface area contributed by atoms with Gasteiger partial charge in [-0.15, -0.1) is 0 Å². The molecule has 0 unspecified atom stereocenters. The molecule has 0 amide bonds. The molecule has 0 fully saturated rings. The fourth-order valence-electron chi connectivity index (χ4n) is 1.71. The van der Waals surface area contributed by atoms with E-state index < -0.39 is 5.97 Å². The number of aryl methyl sites for hydroxylation is 1. The number of esters is 1. The van der Waals surface area contributed by atoms with Gasteiger partial charge in [0.15, 0.2) is 6.29 Å². The molecule has 0 saturated heterocycles. The molecule has 0 spiro atoms. The maximum Gasteiger partial charge on any atom is 0.340 e. The topological polar surface area (TPSA) is 48.3 Å². The smallest absolute Gasteiger partial charge is 0.340 e. The summed E-state index contributed by atoms with van der Waals surface area (Å²) in [4.78, 5) is 22.6. The summed E-state index contributed by atoms with van der Waals surface area (Å²) < 4.78 is 6.84. The zero-order valence-electron chi connectivity index (χ0n) is 9.95. The van der Waals surface area contributed by atoms with E-state index in [-0.39, 0.29) is 0 Å². The molecule has 0 aliphatic heterocycles. The number of aromatic nitrogens is 1. The SMILES string of the molecule is CCCn1cc(C=O)c(C(=O)OCC)c1C. The lowest BCUT2D eigenvalue weighted by Crippen LogP contribution is -2.08. The first kappa shape index (κ1) is 12.5. The highest BCUT2D eigenvalue weighted by Gasteiger charge is 2.19. The van der Waals surface area contributed by atoms with Gasteiger partial charge in [0, 0.05) is 24.0 Å². The van der Waals surface area contributed by atoms with E-state index in [0.717, 1.165) is 18.7 Å². The molecule has 0 bridgehead atoms. The van der Waals surface area contributed by atoms with Crippen molar-refractivity contribution < 1.29 is 14.3 Å². The van der Waals surface area contributed by atoms with Crippen LogP contribution in [-0.2, 0) is 11.3 Å². The van der Waals surface area contributed by atoms with Crippen molar-refractivity contribution in [3.63, 3.8) is 0 Å². The van der Waals surface area contributed by atoms with Crippen LogP contribution in [0.5, 0.6) is 0 Å². The Labute approximate surface area is 95.2 Å². The fraction of sp³-hybridized carbons (Fsp3) is 0.500. The molecule has 1 rings (SSSR count). The molecule has 1 aromatic heterocycles. The van der Waals surface area contributed by atoms with E-state index in [2.05, 4.69) is 0 Å². The van der Waals surface area contributed by atoms with Gasteiger partial charge < -0.3 is 9.30 Å². The van der Waals surface area contributed by atoms with Gasteiger partial charge >= 0.3 is 5.97 Å². The average Bonchev–Trinajstić information content (AvgIpc) is 2.57. The Morgan fingerprint density at radius 1 is 1.50 bits per heavy atom. The average molecular weight is 223 g/mol. The summed E-state index contributed by atoms with van der Waals surface area (Å²) in [5, 5.41) is 0. The summed E-state index contributed by atoms with van der Waals surface area (Å²) in [5.74, 6) is -0.419. The third-order valence-corrected chi connectivity index (χ3v) is 2.45. The van der Waals surface area contributed by atoms with E-state index in [1.165, 1.54) is 0 Å². The first-order valence-corrected chi connectivity index (χ1v) is 5.47. The van der Waals surface area contributed by atoms with Gasteiger partial charge in [-0.2, -0.15) is 0 Å². The Morgan fingerprint density at radius 2 is 2.19 bits per heavy atom. The highest BCUT2D eigenvalue weighted by atomic mass is 16.5. The van der Waals surface area contributed by atoms with Crippen LogP contribution < -0.4 is 0 Å². The number of carbonyl (C=O) groups is 2. The Balaban J connectivity index is 3.14. The number of carbonyl (C=O) groups excluding carboxylic acids is 2. The highest BCUT2D eigenvalue weighted by Crippen LogP contribution is 2.17. The van der Waals surface area contributed by atoms with Crippen LogP contribution in [0.1, 0.15) is 46.7 Å². The van der Waals surface area contributed by atoms with Gasteiger partial charge in [-0.25, -0.2) is 4.79 Å². The summed E-state index contributed by atoms with van der Waals surface area (Å²) in [5.41, 5.74) is 1.59. The van der Waals surface area contributed by atoms with Crippen LogP contribution in [0, 0.1) is 6.92 Å². The largest absolute Gasteiger partial charge is 0.462 e. The van der Waals surface area contributed by atoms with E-state index in [4.69, 9.17) is 4.74 Å². The van der Waals surface area contributed by atoms with Crippen molar-refractivity contribution in [3.05, 3.63) is 23.0 Å². The van der Waals surface area contributed by atoms with E-state index in [9.17, 15) is 9.59 Å². The standard InChI is InChI=1S/C12H17NO3/c1-4-6-13-7-10(8-14)11(9(13)3)12(15)16-5-2/h7-8H,4-6H2,1-3H3. The molecule has 0 radical (unpaired) electrons. The predicted octanol–water partition coefficient (Wildman–Crippen LogP) is 2.20. The summed E-state index contributed by atoms with van der Waals surface area (Å²) in [6.07, 6.45) is 3.36. The lowest BCUT2D eigenvalue weighted by atomic mass is 10.1. The molecule has 0 atom stereocenters. The van der Waals surface area contributed by atoms with Gasteiger partial charge in [-0.3, -0.25) is 4.79 Å². The molecule has 0 saturated carbocycles. The van der Waals surface area contributed by atoms with Crippen LogP contribution in [0.2, 0.25) is 0 Å². The molecule has 16 heavy (non-hydrogen) atoms. The van der Waals surface area contributed by atoms with Gasteiger partial charge in [0.2, 0.25) is 0 Å². The summed E-state index contributed by atoms with van der Waals surface area (Å²) in [6, 6.07) is 0. The molecule has 4 heteroatoms. The van der Waals surface area contributed by atoms with Gasteiger partial charge in [0.1, 0.15) is 0 Å². The monoisotopic (exact) mass is 223 g/mol. The second-order valence-corrected chi connectivity index (χ2v) is 3.58. The van der Waals surface area contributed by atoms with Crippen LogP contribution in [0.15, 0.2) is 6.20 Å². The Bertz CT molecular complexity index is 393. The van der Waals surface area contributed by atoms with Crippen LogP contribution in [0.4, 0.5) is 0 Å². The summed E-state index contributed by atoms with van der Waals surface area (Å²) >= 11 is 0. The quantitative estimate of drug-likeness (QED) is 0.568. The minimum Gasteiger partial charge on any atom is -0.462 e. The number of nitrogens with zero attached hydrogens (tertiary/aromatic N) is 1. The predicted molar refractivity (Wildman–Crippen MR) is 60.8 cm³/mol. The van der Waals surface area contributed by atoms with Crippen LogP contribution in [0.3, 0.4) is 0 Å². The molecular weight excluding hydrogens is 206 g/mol. The lowest BCUT2D eigenvalue weighted by Gasteiger charge is -2.05. The third-order valence-electron chi connectivity index (χ3n) is 2.45. The van der Waals surface area contributed by atoms with Crippen molar-refractivity contribution in [3.8, 4) is 0 Å². The zero-order chi connectivity index (χ0) is 12.1. The van der Waals surface area contributed by atoms with E-state index in [1.54, 1.807) is 13.1 Å². The number of aldehydes is 1. The molecule has 0 aromatic carbocycles. The zero-order valence-corrected chi connectivity index (χ0v) is 9.95. The number of ether oxygens (including phenoxy) is 1. The van der Waals surface area contributed by atoms with Crippen LogP contribution in [-0.4, -0.2) is 23.4 Å². The first-order valence-electron chi connectivity index (χ1n) is 5.47. The molecular formula is C12H17NO3. The van der Waals surface area contributed by atoms with E-state index in [0.29, 0.717) is 24.0 Å². The Hall–Kier alpha value is -1.58. The normalized spacial score (nSPS) is 10.2. The van der Waals surface area contributed by atoms with Gasteiger partial charge in [-0.1, -0.05) is 6.92 Å². The van der Waals surface area contributed by atoms with Crippen molar-refractivity contribution in [2.75, 3.05) is 6.61 Å². The molecule has 0 aliphatic rings. The lowest BCUT2D eigenvalue weighted by molar-refractivity contribution is 0.0523. The maximum atomic E-state index is 11.7.